The molecular weight excluding hydrogens is 290 g/mol. The van der Waals surface area contributed by atoms with Crippen LogP contribution in [0.4, 0.5) is 4.79 Å². The summed E-state index contributed by atoms with van der Waals surface area (Å²) in [5.74, 6) is -0.107. The third-order valence-electron chi connectivity index (χ3n) is 3.79. The zero-order valence-corrected chi connectivity index (χ0v) is 13.7. The van der Waals surface area contributed by atoms with Gasteiger partial charge in [-0.25, -0.2) is 4.79 Å². The van der Waals surface area contributed by atoms with E-state index >= 15 is 0 Å². The van der Waals surface area contributed by atoms with Gasteiger partial charge in [-0.15, -0.1) is 0 Å². The van der Waals surface area contributed by atoms with E-state index in [9.17, 15) is 9.59 Å². The third-order valence-corrected chi connectivity index (χ3v) is 3.79. The number of hydrogen-bond acceptors (Lipinski definition) is 3. The Labute approximate surface area is 136 Å². The molecule has 120 valence electrons. The molecule has 2 aromatic carbocycles. The minimum absolute atomic E-state index is 0.107. The second-order valence-electron chi connectivity index (χ2n) is 5.56. The van der Waals surface area contributed by atoms with Crippen molar-refractivity contribution in [2.24, 2.45) is 0 Å². The van der Waals surface area contributed by atoms with Gasteiger partial charge in [-0.2, -0.15) is 0 Å². The maximum atomic E-state index is 12.4. The first-order chi connectivity index (χ1) is 11.0. The first kappa shape index (κ1) is 16.7. The molecule has 1 atom stereocenters. The molecule has 23 heavy (non-hydrogen) atoms. The van der Waals surface area contributed by atoms with Gasteiger partial charge in [0.05, 0.1) is 6.04 Å². The summed E-state index contributed by atoms with van der Waals surface area (Å²) in [6, 6.07) is 16.2. The van der Waals surface area contributed by atoms with E-state index in [1.165, 1.54) is 4.90 Å². The molecule has 0 saturated carbocycles. The van der Waals surface area contributed by atoms with Crippen molar-refractivity contribution >= 4 is 11.9 Å². The number of likely N-dealkylation sites (N-methyl/N-ethyl adjacent to an activating group) is 1. The summed E-state index contributed by atoms with van der Waals surface area (Å²) in [6.07, 6.45) is -0.512. The number of carbonyl (C=O) groups excluding carboxylic acids is 2. The van der Waals surface area contributed by atoms with Crippen molar-refractivity contribution in [1.29, 1.82) is 0 Å². The lowest BCUT2D eigenvalue weighted by molar-refractivity contribution is 0.0741. The maximum absolute atomic E-state index is 12.4. The van der Waals surface area contributed by atoms with Gasteiger partial charge in [0.2, 0.25) is 0 Å². The molecule has 0 heterocycles. The van der Waals surface area contributed by atoms with E-state index in [0.29, 0.717) is 5.56 Å². The molecule has 0 bridgehead atoms. The maximum Gasteiger partial charge on any atom is 0.410 e. The summed E-state index contributed by atoms with van der Waals surface area (Å²) < 4.78 is 5.25. The standard InChI is InChI=1S/C19H21NO3/c1-14-9-11-17(12-10-14)18(21)15(2)20(3)19(22)23-13-16-7-5-4-6-8-16/h4-12,15H,13H2,1-3H3. The molecule has 0 fully saturated rings. The Kier molecular flexibility index (Phi) is 5.52. The van der Waals surface area contributed by atoms with Crippen LogP contribution in [0.3, 0.4) is 0 Å². The Hall–Kier alpha value is -2.62. The Bertz CT molecular complexity index is 665. The second kappa shape index (κ2) is 7.58. The number of nitrogens with zero attached hydrogens (tertiary/aromatic N) is 1. The Morgan fingerprint density at radius 2 is 1.65 bits per heavy atom. The Morgan fingerprint density at radius 1 is 1.04 bits per heavy atom. The highest BCUT2D eigenvalue weighted by Gasteiger charge is 2.24. The molecule has 1 amide bonds. The summed E-state index contributed by atoms with van der Waals surface area (Å²) in [5, 5.41) is 0. The van der Waals surface area contributed by atoms with Gasteiger partial charge < -0.3 is 9.64 Å². The molecule has 0 aromatic heterocycles. The molecule has 0 N–H and O–H groups in total. The second-order valence-corrected chi connectivity index (χ2v) is 5.56. The lowest BCUT2D eigenvalue weighted by Gasteiger charge is -2.23. The summed E-state index contributed by atoms with van der Waals surface area (Å²) in [6.45, 7) is 3.85. The highest BCUT2D eigenvalue weighted by atomic mass is 16.6. The minimum atomic E-state index is -0.582. The summed E-state index contributed by atoms with van der Waals surface area (Å²) >= 11 is 0. The van der Waals surface area contributed by atoms with Gasteiger partial charge in [-0.1, -0.05) is 60.2 Å². The number of ether oxygens (including phenoxy) is 1. The van der Waals surface area contributed by atoms with Crippen LogP contribution in [-0.4, -0.2) is 29.9 Å². The van der Waals surface area contributed by atoms with E-state index in [0.717, 1.165) is 11.1 Å². The summed E-state index contributed by atoms with van der Waals surface area (Å²) in [4.78, 5) is 25.9. The zero-order valence-electron chi connectivity index (χ0n) is 13.7. The summed E-state index contributed by atoms with van der Waals surface area (Å²) in [7, 11) is 1.57. The van der Waals surface area contributed by atoms with E-state index in [1.54, 1.807) is 26.1 Å². The van der Waals surface area contributed by atoms with Crippen molar-refractivity contribution in [3.05, 3.63) is 71.3 Å². The lowest BCUT2D eigenvalue weighted by Crippen LogP contribution is -2.40. The smallest absolute Gasteiger partial charge is 0.410 e. The van der Waals surface area contributed by atoms with Crippen LogP contribution in [0.5, 0.6) is 0 Å². The molecule has 0 aliphatic rings. The van der Waals surface area contributed by atoms with Crippen LogP contribution in [0.15, 0.2) is 54.6 Å². The molecule has 4 nitrogen and oxygen atoms in total. The van der Waals surface area contributed by atoms with Gasteiger partial charge in [-0.05, 0) is 19.4 Å². The zero-order chi connectivity index (χ0) is 16.8. The fourth-order valence-electron chi connectivity index (χ4n) is 2.11. The van der Waals surface area contributed by atoms with E-state index in [1.807, 2.05) is 49.4 Å². The number of rotatable bonds is 5. The predicted molar refractivity (Wildman–Crippen MR) is 89.4 cm³/mol. The molecule has 2 aromatic rings. The van der Waals surface area contributed by atoms with Crippen LogP contribution in [0.1, 0.15) is 28.4 Å². The third kappa shape index (κ3) is 4.42. The predicted octanol–water partition coefficient (Wildman–Crippen LogP) is 3.83. The van der Waals surface area contributed by atoms with Crippen molar-refractivity contribution in [2.75, 3.05) is 7.05 Å². The van der Waals surface area contributed by atoms with Crippen molar-refractivity contribution < 1.29 is 14.3 Å². The number of hydrogen-bond donors (Lipinski definition) is 0. The van der Waals surface area contributed by atoms with E-state index < -0.39 is 12.1 Å². The molecule has 0 saturated heterocycles. The number of Topliss-reactive ketones (excluding diaryl/α,β-unsaturated/α-hetero) is 1. The van der Waals surface area contributed by atoms with Crippen LogP contribution in [-0.2, 0) is 11.3 Å². The van der Waals surface area contributed by atoms with E-state index in [2.05, 4.69) is 0 Å². The van der Waals surface area contributed by atoms with Crippen molar-refractivity contribution in [1.82, 2.24) is 4.90 Å². The molecule has 0 spiro atoms. The molecule has 0 aliphatic carbocycles. The van der Waals surface area contributed by atoms with Crippen molar-refractivity contribution in [3.8, 4) is 0 Å². The van der Waals surface area contributed by atoms with Crippen LogP contribution >= 0.6 is 0 Å². The minimum Gasteiger partial charge on any atom is -0.445 e. The topological polar surface area (TPSA) is 46.6 Å². The van der Waals surface area contributed by atoms with Gasteiger partial charge in [-0.3, -0.25) is 4.79 Å². The normalized spacial score (nSPS) is 11.6. The lowest BCUT2D eigenvalue weighted by atomic mass is 10.0. The quantitative estimate of drug-likeness (QED) is 0.788. The number of amides is 1. The fourth-order valence-corrected chi connectivity index (χ4v) is 2.11. The fraction of sp³-hybridized carbons (Fsp3) is 0.263. The number of aryl methyl sites for hydroxylation is 1. The average Bonchev–Trinajstić information content (AvgIpc) is 2.59. The molecular formula is C19H21NO3. The SMILES string of the molecule is Cc1ccc(C(=O)C(C)N(C)C(=O)OCc2ccccc2)cc1. The molecule has 0 aliphatic heterocycles. The van der Waals surface area contributed by atoms with Crippen molar-refractivity contribution in [2.45, 2.75) is 26.5 Å². The average molecular weight is 311 g/mol. The first-order valence-corrected chi connectivity index (χ1v) is 7.53. The number of carbonyl (C=O) groups is 2. The van der Waals surface area contributed by atoms with Crippen LogP contribution in [0.25, 0.3) is 0 Å². The number of benzene rings is 2. The van der Waals surface area contributed by atoms with Gasteiger partial charge in [0.15, 0.2) is 5.78 Å². The number of ketones is 1. The van der Waals surface area contributed by atoms with Crippen molar-refractivity contribution in [3.63, 3.8) is 0 Å². The highest BCUT2D eigenvalue weighted by molar-refractivity contribution is 6.01. The van der Waals surface area contributed by atoms with E-state index in [4.69, 9.17) is 4.74 Å². The molecule has 4 heteroatoms. The summed E-state index contributed by atoms with van der Waals surface area (Å²) in [5.41, 5.74) is 2.59. The Balaban J connectivity index is 1.95. The highest BCUT2D eigenvalue weighted by Crippen LogP contribution is 2.11. The van der Waals surface area contributed by atoms with E-state index in [-0.39, 0.29) is 12.4 Å². The Morgan fingerprint density at radius 3 is 2.26 bits per heavy atom. The monoisotopic (exact) mass is 311 g/mol. The molecule has 2 rings (SSSR count). The van der Waals surface area contributed by atoms with Crippen LogP contribution < -0.4 is 0 Å². The first-order valence-electron chi connectivity index (χ1n) is 7.53. The van der Waals surface area contributed by atoms with Gasteiger partial charge in [0.25, 0.3) is 0 Å². The van der Waals surface area contributed by atoms with Gasteiger partial charge in [0.1, 0.15) is 6.61 Å². The molecule has 1 unspecified atom stereocenters. The largest absolute Gasteiger partial charge is 0.445 e. The van der Waals surface area contributed by atoms with Crippen LogP contribution in [0.2, 0.25) is 0 Å². The van der Waals surface area contributed by atoms with Gasteiger partial charge in [0, 0.05) is 12.6 Å². The van der Waals surface area contributed by atoms with Crippen LogP contribution in [0, 0.1) is 6.92 Å². The van der Waals surface area contributed by atoms with Gasteiger partial charge >= 0.3 is 6.09 Å². The molecule has 0 radical (unpaired) electrons.